The normalized spacial score (nSPS) is 21.8. The molecule has 0 spiro atoms. The Morgan fingerprint density at radius 3 is 1.16 bits per heavy atom. The van der Waals surface area contributed by atoms with Crippen LogP contribution in [-0.2, 0) is 0 Å². The summed E-state index contributed by atoms with van der Waals surface area (Å²) in [6, 6.07) is 0. The Morgan fingerprint density at radius 2 is 0.895 bits per heavy atom. The van der Waals surface area contributed by atoms with E-state index in [2.05, 4.69) is 26.5 Å². The van der Waals surface area contributed by atoms with E-state index in [1.54, 1.807) is 6.26 Å². The van der Waals surface area contributed by atoms with Crippen LogP contribution in [0, 0.1) is 17.3 Å². The average molecular weight is 287 g/mol. The van der Waals surface area contributed by atoms with E-state index < -0.39 is 0 Å². The maximum Gasteiger partial charge on any atom is -0.0215 e. The molecule has 0 heterocycles. The van der Waals surface area contributed by atoms with Gasteiger partial charge in [-0.25, -0.2) is 0 Å². The van der Waals surface area contributed by atoms with E-state index in [0.717, 1.165) is 11.8 Å². The fourth-order valence-corrected chi connectivity index (χ4v) is 4.03. The van der Waals surface area contributed by atoms with Gasteiger partial charge in [0.1, 0.15) is 0 Å². The Morgan fingerprint density at radius 1 is 0.632 bits per heavy atom. The molecule has 2 rings (SSSR count). The molecule has 0 aliphatic heterocycles. The van der Waals surface area contributed by atoms with Gasteiger partial charge in [-0.05, 0) is 49.2 Å². The summed E-state index contributed by atoms with van der Waals surface area (Å²) in [5, 5.41) is 0. The third kappa shape index (κ3) is 6.10. The van der Waals surface area contributed by atoms with Crippen LogP contribution in [0.4, 0.5) is 0 Å². The Hall–Kier alpha value is 0.350. The second-order valence-electron chi connectivity index (χ2n) is 6.49. The SMILES string of the molecule is CC.CC(C)(C1CCCCC1)C1CCCCC1.CS. The minimum atomic E-state index is 0.640. The zero-order chi connectivity index (χ0) is 14.7. The highest BCUT2D eigenvalue weighted by Gasteiger charge is 2.37. The molecule has 116 valence electrons. The molecule has 0 radical (unpaired) electrons. The lowest BCUT2D eigenvalue weighted by molar-refractivity contribution is 0.0587. The summed E-state index contributed by atoms with van der Waals surface area (Å²) in [7, 11) is 0. The zero-order valence-electron chi connectivity index (χ0n) is 14.2. The standard InChI is InChI=1S/C15H28.C2H6.CH4S/c1-15(2,13-9-5-3-6-10-13)14-11-7-4-8-12-14;2*1-2/h13-14H,3-12H2,1-2H3;1-2H3;2H,1H3. The van der Waals surface area contributed by atoms with Gasteiger partial charge in [-0.3, -0.25) is 0 Å². The zero-order valence-corrected chi connectivity index (χ0v) is 15.1. The monoisotopic (exact) mass is 286 g/mol. The molecule has 2 aliphatic rings. The Balaban J connectivity index is 0.000000741. The van der Waals surface area contributed by atoms with Crippen LogP contribution < -0.4 is 0 Å². The van der Waals surface area contributed by atoms with Crippen molar-refractivity contribution >= 4 is 12.6 Å². The van der Waals surface area contributed by atoms with Crippen molar-refractivity contribution in [2.24, 2.45) is 17.3 Å². The minimum absolute atomic E-state index is 0.640. The summed E-state index contributed by atoms with van der Waals surface area (Å²) in [4.78, 5) is 0. The lowest BCUT2D eigenvalue weighted by atomic mass is 9.61. The molecule has 0 unspecified atom stereocenters. The third-order valence-electron chi connectivity index (χ3n) is 5.31. The molecule has 0 atom stereocenters. The highest BCUT2D eigenvalue weighted by molar-refractivity contribution is 7.79. The van der Waals surface area contributed by atoms with Crippen molar-refractivity contribution in [3.05, 3.63) is 0 Å². The second-order valence-corrected chi connectivity index (χ2v) is 6.49. The maximum absolute atomic E-state index is 3.53. The van der Waals surface area contributed by atoms with Crippen LogP contribution in [0.25, 0.3) is 0 Å². The molecule has 0 aromatic heterocycles. The Kier molecular flexibility index (Phi) is 11.3. The van der Waals surface area contributed by atoms with Crippen molar-refractivity contribution in [3.63, 3.8) is 0 Å². The smallest absolute Gasteiger partial charge is 0.0215 e. The number of hydrogen-bond donors (Lipinski definition) is 1. The quantitative estimate of drug-likeness (QED) is 0.533. The minimum Gasteiger partial charge on any atom is -0.183 e. The van der Waals surface area contributed by atoms with Crippen LogP contribution in [0.5, 0.6) is 0 Å². The van der Waals surface area contributed by atoms with Crippen LogP contribution in [0.1, 0.15) is 91.9 Å². The maximum atomic E-state index is 3.53. The van der Waals surface area contributed by atoms with E-state index in [4.69, 9.17) is 0 Å². The summed E-state index contributed by atoms with van der Waals surface area (Å²) in [5.41, 5.74) is 0.640. The van der Waals surface area contributed by atoms with Crippen LogP contribution in [0.15, 0.2) is 0 Å². The van der Waals surface area contributed by atoms with E-state index >= 15 is 0 Å². The van der Waals surface area contributed by atoms with Crippen LogP contribution in [0.3, 0.4) is 0 Å². The molecule has 0 nitrogen and oxygen atoms in total. The van der Waals surface area contributed by atoms with Crippen LogP contribution in [0.2, 0.25) is 0 Å². The van der Waals surface area contributed by atoms with Gasteiger partial charge in [-0.2, -0.15) is 12.6 Å². The number of thiol groups is 1. The first kappa shape index (κ1) is 19.4. The van der Waals surface area contributed by atoms with Gasteiger partial charge in [0.05, 0.1) is 0 Å². The summed E-state index contributed by atoms with van der Waals surface area (Å²) in [6.07, 6.45) is 16.8. The van der Waals surface area contributed by atoms with Crippen molar-refractivity contribution in [2.45, 2.75) is 91.9 Å². The highest BCUT2D eigenvalue weighted by atomic mass is 32.1. The Labute approximate surface area is 128 Å². The molecule has 0 bridgehead atoms. The third-order valence-corrected chi connectivity index (χ3v) is 5.31. The molecular weight excluding hydrogens is 248 g/mol. The van der Waals surface area contributed by atoms with E-state index in [1.165, 1.54) is 64.2 Å². The molecule has 0 amide bonds. The van der Waals surface area contributed by atoms with Crippen molar-refractivity contribution in [3.8, 4) is 0 Å². The van der Waals surface area contributed by atoms with Crippen LogP contribution >= 0.6 is 12.6 Å². The first-order valence-electron chi connectivity index (χ1n) is 8.66. The molecule has 0 aromatic rings. The van der Waals surface area contributed by atoms with Gasteiger partial charge >= 0.3 is 0 Å². The summed E-state index contributed by atoms with van der Waals surface area (Å²) < 4.78 is 0. The van der Waals surface area contributed by atoms with Gasteiger partial charge in [0, 0.05) is 0 Å². The first-order chi connectivity index (χ1) is 9.21. The Bertz CT molecular complexity index is 166. The molecule has 2 aliphatic carbocycles. The van der Waals surface area contributed by atoms with Gasteiger partial charge in [-0.15, -0.1) is 0 Å². The van der Waals surface area contributed by atoms with Crippen LogP contribution in [-0.4, -0.2) is 6.26 Å². The molecule has 1 heteroatoms. The van der Waals surface area contributed by atoms with Crippen molar-refractivity contribution < 1.29 is 0 Å². The average Bonchev–Trinajstić information content (AvgIpc) is 2.53. The molecule has 2 fully saturated rings. The van der Waals surface area contributed by atoms with Crippen molar-refractivity contribution in [1.29, 1.82) is 0 Å². The molecule has 19 heavy (non-hydrogen) atoms. The van der Waals surface area contributed by atoms with E-state index in [9.17, 15) is 0 Å². The van der Waals surface area contributed by atoms with E-state index in [-0.39, 0.29) is 0 Å². The predicted octanol–water partition coefficient (Wildman–Crippen LogP) is 6.75. The van der Waals surface area contributed by atoms with Gasteiger partial charge < -0.3 is 0 Å². The van der Waals surface area contributed by atoms with Gasteiger partial charge in [0.15, 0.2) is 0 Å². The van der Waals surface area contributed by atoms with E-state index in [0.29, 0.717) is 5.41 Å². The highest BCUT2D eigenvalue weighted by Crippen LogP contribution is 2.48. The lowest BCUT2D eigenvalue weighted by Crippen LogP contribution is -2.35. The molecule has 2 saturated carbocycles. The molecule has 0 N–H and O–H groups in total. The molecule has 0 aromatic carbocycles. The molecule has 0 saturated heterocycles. The fraction of sp³-hybridized carbons (Fsp3) is 1.00. The largest absolute Gasteiger partial charge is 0.183 e. The van der Waals surface area contributed by atoms with Crippen molar-refractivity contribution in [1.82, 2.24) is 0 Å². The number of rotatable bonds is 2. The molecular formula is C18H38S. The van der Waals surface area contributed by atoms with E-state index in [1.807, 2.05) is 13.8 Å². The van der Waals surface area contributed by atoms with Gasteiger partial charge in [0.2, 0.25) is 0 Å². The van der Waals surface area contributed by atoms with Gasteiger partial charge in [0.25, 0.3) is 0 Å². The fourth-order valence-electron chi connectivity index (χ4n) is 4.03. The first-order valence-corrected chi connectivity index (χ1v) is 9.55. The second kappa shape index (κ2) is 11.1. The lowest BCUT2D eigenvalue weighted by Gasteiger charge is -2.44. The van der Waals surface area contributed by atoms with Crippen molar-refractivity contribution in [2.75, 3.05) is 6.26 Å². The summed E-state index contributed by atoms with van der Waals surface area (Å²) in [5.74, 6) is 2.07. The predicted molar refractivity (Wildman–Crippen MR) is 93.2 cm³/mol. The van der Waals surface area contributed by atoms with Gasteiger partial charge in [-0.1, -0.05) is 66.2 Å². The topological polar surface area (TPSA) is 0 Å². The summed E-state index contributed by atoms with van der Waals surface area (Å²) >= 11 is 3.53. The summed E-state index contributed by atoms with van der Waals surface area (Å²) in [6.45, 7) is 9.14. The number of hydrogen-bond acceptors (Lipinski definition) is 1.